The van der Waals surface area contributed by atoms with Gasteiger partial charge in [0.2, 0.25) is 0 Å². The molecule has 21 heavy (non-hydrogen) atoms. The van der Waals surface area contributed by atoms with Crippen molar-refractivity contribution in [3.63, 3.8) is 0 Å². The van der Waals surface area contributed by atoms with Crippen LogP contribution in [0, 0.1) is 0 Å². The van der Waals surface area contributed by atoms with Crippen molar-refractivity contribution in [2.75, 3.05) is 18.2 Å². The molecule has 4 heteroatoms. The van der Waals surface area contributed by atoms with Gasteiger partial charge in [-0.1, -0.05) is 23.7 Å². The van der Waals surface area contributed by atoms with E-state index in [0.717, 1.165) is 48.2 Å². The van der Waals surface area contributed by atoms with Crippen molar-refractivity contribution in [2.24, 2.45) is 0 Å². The Balaban J connectivity index is 1.65. The molecule has 4 rings (SSSR count). The van der Waals surface area contributed by atoms with Crippen LogP contribution in [0.2, 0.25) is 5.02 Å². The minimum atomic E-state index is 0.536. The topological polar surface area (TPSA) is 21.7 Å². The van der Waals surface area contributed by atoms with Crippen molar-refractivity contribution in [3.05, 3.63) is 52.5 Å². The van der Waals surface area contributed by atoms with Gasteiger partial charge in [0.15, 0.2) is 18.2 Å². The molecular formula is C17H16ClNO2. The lowest BCUT2D eigenvalue weighted by Crippen LogP contribution is -2.32. The van der Waals surface area contributed by atoms with Crippen LogP contribution < -0.4 is 14.4 Å². The first-order chi connectivity index (χ1) is 10.3. The average Bonchev–Trinajstić information content (AvgIpc) is 2.55. The summed E-state index contributed by atoms with van der Waals surface area (Å²) in [6.07, 6.45) is 2.16. The van der Waals surface area contributed by atoms with Gasteiger partial charge in [0.05, 0.1) is 6.61 Å². The van der Waals surface area contributed by atoms with Crippen LogP contribution in [0.4, 0.5) is 5.69 Å². The van der Waals surface area contributed by atoms with Crippen molar-refractivity contribution in [3.8, 4) is 11.5 Å². The van der Waals surface area contributed by atoms with Crippen LogP contribution in [0.15, 0.2) is 36.4 Å². The summed E-state index contributed by atoms with van der Waals surface area (Å²) in [5.74, 6) is 1.88. The molecule has 2 aliphatic heterocycles. The third-order valence-corrected chi connectivity index (χ3v) is 4.28. The van der Waals surface area contributed by atoms with Crippen molar-refractivity contribution >= 4 is 17.3 Å². The van der Waals surface area contributed by atoms with Crippen molar-refractivity contribution in [1.82, 2.24) is 0 Å². The van der Waals surface area contributed by atoms with Gasteiger partial charge >= 0.3 is 0 Å². The molecule has 2 aromatic carbocycles. The maximum atomic E-state index is 5.99. The Kier molecular flexibility index (Phi) is 3.15. The normalized spacial score (nSPS) is 16.5. The van der Waals surface area contributed by atoms with Crippen LogP contribution in [0.3, 0.4) is 0 Å². The Morgan fingerprint density at radius 1 is 0.905 bits per heavy atom. The molecule has 0 saturated carbocycles. The molecule has 0 radical (unpaired) electrons. The van der Waals surface area contributed by atoms with E-state index in [-0.39, 0.29) is 0 Å². The zero-order valence-corrected chi connectivity index (χ0v) is 12.4. The van der Waals surface area contributed by atoms with Crippen molar-refractivity contribution in [1.29, 1.82) is 0 Å². The summed E-state index contributed by atoms with van der Waals surface area (Å²) in [6, 6.07) is 12.2. The third kappa shape index (κ3) is 2.32. The van der Waals surface area contributed by atoms with Gasteiger partial charge in [-0.15, -0.1) is 0 Å². The Morgan fingerprint density at radius 2 is 1.67 bits per heavy atom. The number of rotatable bonds is 1. The summed E-state index contributed by atoms with van der Waals surface area (Å²) in [7, 11) is 0. The van der Waals surface area contributed by atoms with Gasteiger partial charge in [-0.3, -0.25) is 0 Å². The number of anilines is 1. The van der Waals surface area contributed by atoms with Crippen molar-refractivity contribution < 1.29 is 9.47 Å². The van der Waals surface area contributed by atoms with Crippen LogP contribution in [-0.2, 0) is 13.0 Å². The Bertz CT molecular complexity index is 669. The molecule has 2 aromatic rings. The van der Waals surface area contributed by atoms with E-state index in [1.54, 1.807) is 0 Å². The minimum Gasteiger partial charge on any atom is -0.489 e. The summed E-state index contributed by atoms with van der Waals surface area (Å²) in [5.41, 5.74) is 3.56. The highest BCUT2D eigenvalue weighted by molar-refractivity contribution is 6.30. The summed E-state index contributed by atoms with van der Waals surface area (Å²) in [6.45, 7) is 2.15. The molecule has 0 fully saturated rings. The molecule has 0 bridgehead atoms. The predicted molar refractivity (Wildman–Crippen MR) is 83.4 cm³/mol. The Labute approximate surface area is 129 Å². The molecule has 108 valence electrons. The number of ether oxygens (including phenoxy) is 2. The number of benzene rings is 2. The zero-order valence-electron chi connectivity index (χ0n) is 11.6. The molecule has 0 amide bonds. The maximum Gasteiger partial charge on any atom is 0.169 e. The van der Waals surface area contributed by atoms with E-state index in [4.69, 9.17) is 21.1 Å². The number of aryl methyl sites for hydroxylation is 1. The molecule has 0 atom stereocenters. The second-order valence-electron chi connectivity index (χ2n) is 5.44. The fourth-order valence-electron chi connectivity index (χ4n) is 2.93. The van der Waals surface area contributed by atoms with E-state index in [2.05, 4.69) is 17.0 Å². The standard InChI is InChI=1S/C17H16ClNO2/c18-14-5-7-15(8-6-14)19-10-13-4-3-12-2-1-9-20-16(12)17(13)21-11-19/h3-8H,1-2,9-11H2. The minimum absolute atomic E-state index is 0.536. The summed E-state index contributed by atoms with van der Waals surface area (Å²) in [4.78, 5) is 2.19. The molecule has 3 nitrogen and oxygen atoms in total. The monoisotopic (exact) mass is 301 g/mol. The Morgan fingerprint density at radius 3 is 2.52 bits per heavy atom. The van der Waals surface area contributed by atoms with Gasteiger partial charge in [-0.25, -0.2) is 0 Å². The first-order valence-electron chi connectivity index (χ1n) is 7.22. The molecule has 0 N–H and O–H groups in total. The molecular weight excluding hydrogens is 286 g/mol. The molecule has 0 saturated heterocycles. The van der Waals surface area contributed by atoms with E-state index in [1.807, 2.05) is 24.3 Å². The highest BCUT2D eigenvalue weighted by Gasteiger charge is 2.24. The number of halogens is 1. The van der Waals surface area contributed by atoms with Gasteiger partial charge in [0, 0.05) is 22.8 Å². The van der Waals surface area contributed by atoms with Gasteiger partial charge in [0.1, 0.15) is 0 Å². The summed E-state index contributed by atoms with van der Waals surface area (Å²) < 4.78 is 11.8. The molecule has 2 aliphatic rings. The molecule has 2 heterocycles. The van der Waals surface area contributed by atoms with Crippen LogP contribution in [0.25, 0.3) is 0 Å². The largest absolute Gasteiger partial charge is 0.489 e. The highest BCUT2D eigenvalue weighted by atomic mass is 35.5. The lowest BCUT2D eigenvalue weighted by Gasteiger charge is -2.33. The molecule has 0 spiro atoms. The summed E-state index contributed by atoms with van der Waals surface area (Å²) in [5, 5.41) is 0.750. The van der Waals surface area contributed by atoms with E-state index in [0.29, 0.717) is 6.73 Å². The van der Waals surface area contributed by atoms with Crippen LogP contribution in [-0.4, -0.2) is 13.3 Å². The Hall–Kier alpha value is -1.87. The quantitative estimate of drug-likeness (QED) is 0.794. The van der Waals surface area contributed by atoms with Crippen LogP contribution in [0.1, 0.15) is 17.5 Å². The van der Waals surface area contributed by atoms with E-state index >= 15 is 0 Å². The first-order valence-corrected chi connectivity index (χ1v) is 7.60. The van der Waals surface area contributed by atoms with Gasteiger partial charge in [-0.05, 0) is 42.7 Å². The van der Waals surface area contributed by atoms with E-state index in [1.165, 1.54) is 11.1 Å². The molecule has 0 aromatic heterocycles. The van der Waals surface area contributed by atoms with E-state index < -0.39 is 0 Å². The number of hydrogen-bond acceptors (Lipinski definition) is 3. The number of nitrogens with zero attached hydrogens (tertiary/aromatic N) is 1. The second kappa shape index (κ2) is 5.15. The third-order valence-electron chi connectivity index (χ3n) is 4.03. The first kappa shape index (κ1) is 12.8. The van der Waals surface area contributed by atoms with Crippen molar-refractivity contribution in [2.45, 2.75) is 19.4 Å². The van der Waals surface area contributed by atoms with Crippen LogP contribution >= 0.6 is 11.6 Å². The van der Waals surface area contributed by atoms with Gasteiger partial charge < -0.3 is 14.4 Å². The fourth-order valence-corrected chi connectivity index (χ4v) is 3.06. The maximum absolute atomic E-state index is 5.99. The van der Waals surface area contributed by atoms with Gasteiger partial charge in [0.25, 0.3) is 0 Å². The van der Waals surface area contributed by atoms with Crippen LogP contribution in [0.5, 0.6) is 11.5 Å². The SMILES string of the molecule is Clc1ccc(N2COc3c(ccc4c3OCCC4)C2)cc1. The molecule has 0 unspecified atom stereocenters. The van der Waals surface area contributed by atoms with E-state index in [9.17, 15) is 0 Å². The number of fused-ring (bicyclic) bond motifs is 3. The lowest BCUT2D eigenvalue weighted by molar-refractivity contribution is 0.238. The highest BCUT2D eigenvalue weighted by Crippen LogP contribution is 2.41. The second-order valence-corrected chi connectivity index (χ2v) is 5.88. The fraction of sp³-hybridized carbons (Fsp3) is 0.294. The van der Waals surface area contributed by atoms with Gasteiger partial charge in [-0.2, -0.15) is 0 Å². The molecule has 0 aliphatic carbocycles. The zero-order chi connectivity index (χ0) is 14.2. The predicted octanol–water partition coefficient (Wildman–Crippen LogP) is 4.02. The average molecular weight is 302 g/mol. The summed E-state index contributed by atoms with van der Waals surface area (Å²) >= 11 is 5.94. The smallest absolute Gasteiger partial charge is 0.169 e. The lowest BCUT2D eigenvalue weighted by atomic mass is 10.0. The number of hydrogen-bond donors (Lipinski definition) is 0.